The molecule has 0 aliphatic rings. The van der Waals surface area contributed by atoms with Crippen molar-refractivity contribution in [1.82, 2.24) is 4.98 Å². The fourth-order valence-corrected chi connectivity index (χ4v) is 3.58. The highest BCUT2D eigenvalue weighted by Crippen LogP contribution is 2.15. The van der Waals surface area contributed by atoms with E-state index in [1.165, 1.54) is 120 Å². The third kappa shape index (κ3) is 11.4. The van der Waals surface area contributed by atoms with Gasteiger partial charge >= 0.3 is 0 Å². The van der Waals surface area contributed by atoms with Crippen LogP contribution in [0, 0.1) is 0 Å². The molecule has 1 heteroatoms. The molecule has 1 rings (SSSR count). The number of aromatic nitrogens is 1. The lowest BCUT2D eigenvalue weighted by Crippen LogP contribution is -2.00. The summed E-state index contributed by atoms with van der Waals surface area (Å²) < 4.78 is 0. The first kappa shape index (κ1) is 22.2. The van der Waals surface area contributed by atoms with Crippen LogP contribution in [0.25, 0.3) is 0 Å². The molecular weight excluding hydrogens is 302 g/mol. The van der Waals surface area contributed by atoms with E-state index in [-0.39, 0.29) is 0 Å². The van der Waals surface area contributed by atoms with E-state index in [9.17, 15) is 0 Å². The maximum absolute atomic E-state index is 4.98. The van der Waals surface area contributed by atoms with E-state index in [1.807, 2.05) is 0 Å². The minimum atomic E-state index is 1.17. The molecule has 0 aliphatic heterocycles. The van der Waals surface area contributed by atoms with Gasteiger partial charge in [0.15, 0.2) is 0 Å². The van der Waals surface area contributed by atoms with Gasteiger partial charge in [-0.15, -0.1) is 0 Å². The number of pyridine rings is 1. The Morgan fingerprint density at radius 1 is 0.520 bits per heavy atom. The second kappa shape index (κ2) is 15.4. The Morgan fingerprint density at radius 2 is 0.960 bits per heavy atom. The summed E-state index contributed by atoms with van der Waals surface area (Å²) >= 11 is 0. The normalized spacial score (nSPS) is 11.2. The lowest BCUT2D eigenvalue weighted by Gasteiger charge is -2.09. The topological polar surface area (TPSA) is 12.9 Å². The molecule has 0 atom stereocenters. The van der Waals surface area contributed by atoms with Crippen LogP contribution in [0.5, 0.6) is 0 Å². The maximum atomic E-state index is 4.98. The van der Waals surface area contributed by atoms with Crippen LogP contribution in [-0.2, 0) is 19.3 Å². The number of aryl methyl sites for hydroxylation is 3. The van der Waals surface area contributed by atoms with E-state index >= 15 is 0 Å². The van der Waals surface area contributed by atoms with Gasteiger partial charge in [-0.2, -0.15) is 0 Å². The van der Waals surface area contributed by atoms with E-state index in [1.54, 1.807) is 0 Å². The number of nitrogens with zero attached hydrogens (tertiary/aromatic N) is 1. The number of unbranched alkanes of at least 4 members (excludes halogenated alkanes) is 10. The Balaban J connectivity index is 2.41. The summed E-state index contributed by atoms with van der Waals surface area (Å²) in [6.45, 7) is 6.85. The molecule has 0 saturated heterocycles. The molecule has 0 bridgehead atoms. The van der Waals surface area contributed by atoms with Crippen molar-refractivity contribution < 1.29 is 0 Å². The van der Waals surface area contributed by atoms with Crippen molar-refractivity contribution in [2.45, 2.75) is 124 Å². The van der Waals surface area contributed by atoms with Crippen LogP contribution in [0.15, 0.2) is 12.1 Å². The molecule has 25 heavy (non-hydrogen) atoms. The summed E-state index contributed by atoms with van der Waals surface area (Å²) in [5, 5.41) is 0. The highest BCUT2D eigenvalue weighted by atomic mass is 14.7. The zero-order valence-corrected chi connectivity index (χ0v) is 17.4. The van der Waals surface area contributed by atoms with Gasteiger partial charge in [-0.25, -0.2) is 0 Å². The van der Waals surface area contributed by atoms with Gasteiger partial charge in [0.1, 0.15) is 0 Å². The average molecular weight is 346 g/mol. The fourth-order valence-electron chi connectivity index (χ4n) is 3.58. The summed E-state index contributed by atoms with van der Waals surface area (Å²) in [7, 11) is 0. The Labute approximate surface area is 158 Å². The standard InChI is InChI=1S/C24H43N/c1-4-7-9-11-13-15-18-23-20-22(17-6-3)21-24(25-23)19-16-14-12-10-8-5-2/h20-21H,4-19H2,1-3H3. The van der Waals surface area contributed by atoms with Crippen molar-refractivity contribution in [2.24, 2.45) is 0 Å². The van der Waals surface area contributed by atoms with Crippen LogP contribution in [0.2, 0.25) is 0 Å². The van der Waals surface area contributed by atoms with Crippen LogP contribution >= 0.6 is 0 Å². The summed E-state index contributed by atoms with van der Waals surface area (Å²) in [6.07, 6.45) is 21.2. The van der Waals surface area contributed by atoms with Crippen LogP contribution in [-0.4, -0.2) is 4.98 Å². The van der Waals surface area contributed by atoms with Crippen molar-refractivity contribution in [2.75, 3.05) is 0 Å². The lowest BCUT2D eigenvalue weighted by atomic mass is 10.0. The predicted octanol–water partition coefficient (Wildman–Crippen LogP) is 7.84. The molecule has 0 aliphatic carbocycles. The van der Waals surface area contributed by atoms with Crippen LogP contribution < -0.4 is 0 Å². The van der Waals surface area contributed by atoms with Gasteiger partial charge in [0, 0.05) is 11.4 Å². The molecule has 0 fully saturated rings. The van der Waals surface area contributed by atoms with Crippen molar-refractivity contribution in [3.05, 3.63) is 29.1 Å². The minimum absolute atomic E-state index is 1.17. The maximum Gasteiger partial charge on any atom is 0.0409 e. The minimum Gasteiger partial charge on any atom is -0.258 e. The first-order valence-electron chi connectivity index (χ1n) is 11.3. The second-order valence-corrected chi connectivity index (χ2v) is 7.74. The molecule has 0 amide bonds. The third-order valence-electron chi connectivity index (χ3n) is 5.10. The first-order chi connectivity index (χ1) is 12.3. The van der Waals surface area contributed by atoms with Crippen LogP contribution in [0.1, 0.15) is 121 Å². The Bertz CT molecular complexity index is 390. The molecule has 144 valence electrons. The molecule has 0 saturated carbocycles. The molecular formula is C24H43N. The van der Waals surface area contributed by atoms with Gasteiger partial charge in [-0.3, -0.25) is 4.98 Å². The fraction of sp³-hybridized carbons (Fsp3) is 0.792. The largest absolute Gasteiger partial charge is 0.258 e. The highest BCUT2D eigenvalue weighted by molar-refractivity contribution is 5.22. The molecule has 0 unspecified atom stereocenters. The summed E-state index contributed by atoms with van der Waals surface area (Å²) in [5.74, 6) is 0. The van der Waals surface area contributed by atoms with Gasteiger partial charge in [-0.05, 0) is 49.8 Å². The van der Waals surface area contributed by atoms with Crippen molar-refractivity contribution in [1.29, 1.82) is 0 Å². The van der Waals surface area contributed by atoms with Gasteiger partial charge in [-0.1, -0.05) is 91.4 Å². The quantitative estimate of drug-likeness (QED) is 0.278. The first-order valence-corrected chi connectivity index (χ1v) is 11.3. The highest BCUT2D eigenvalue weighted by Gasteiger charge is 2.04. The number of hydrogen-bond donors (Lipinski definition) is 0. The smallest absolute Gasteiger partial charge is 0.0409 e. The van der Waals surface area contributed by atoms with E-state index in [0.717, 1.165) is 0 Å². The Hall–Kier alpha value is -0.850. The molecule has 1 heterocycles. The van der Waals surface area contributed by atoms with Crippen molar-refractivity contribution in [3.8, 4) is 0 Å². The molecule has 0 N–H and O–H groups in total. The SMILES string of the molecule is CCCCCCCCc1cc(CCC)cc(CCCCCCCC)n1. The van der Waals surface area contributed by atoms with Gasteiger partial charge < -0.3 is 0 Å². The Morgan fingerprint density at radius 3 is 1.40 bits per heavy atom. The molecule has 0 radical (unpaired) electrons. The van der Waals surface area contributed by atoms with Gasteiger partial charge in [0.25, 0.3) is 0 Å². The number of rotatable bonds is 16. The lowest BCUT2D eigenvalue weighted by molar-refractivity contribution is 0.598. The summed E-state index contributed by atoms with van der Waals surface area (Å²) in [6, 6.07) is 4.75. The van der Waals surface area contributed by atoms with Crippen LogP contribution in [0.3, 0.4) is 0 Å². The van der Waals surface area contributed by atoms with Gasteiger partial charge in [0.2, 0.25) is 0 Å². The van der Waals surface area contributed by atoms with E-state index in [0.29, 0.717) is 0 Å². The van der Waals surface area contributed by atoms with Crippen molar-refractivity contribution >= 4 is 0 Å². The van der Waals surface area contributed by atoms with E-state index in [2.05, 4.69) is 32.9 Å². The zero-order valence-electron chi connectivity index (χ0n) is 17.4. The third-order valence-corrected chi connectivity index (χ3v) is 5.10. The molecule has 0 aromatic carbocycles. The van der Waals surface area contributed by atoms with E-state index in [4.69, 9.17) is 4.98 Å². The molecule has 1 aromatic rings. The molecule has 1 aromatic heterocycles. The van der Waals surface area contributed by atoms with Gasteiger partial charge in [0.05, 0.1) is 0 Å². The molecule has 0 spiro atoms. The average Bonchev–Trinajstić information content (AvgIpc) is 2.61. The zero-order chi connectivity index (χ0) is 18.2. The monoisotopic (exact) mass is 345 g/mol. The van der Waals surface area contributed by atoms with Crippen molar-refractivity contribution in [3.63, 3.8) is 0 Å². The summed E-state index contributed by atoms with van der Waals surface area (Å²) in [5.41, 5.74) is 4.21. The second-order valence-electron chi connectivity index (χ2n) is 7.74. The number of hydrogen-bond acceptors (Lipinski definition) is 1. The summed E-state index contributed by atoms with van der Waals surface area (Å²) in [4.78, 5) is 4.98. The predicted molar refractivity (Wildman–Crippen MR) is 112 cm³/mol. The molecule has 1 nitrogen and oxygen atoms in total. The Kier molecular flexibility index (Phi) is 13.7. The van der Waals surface area contributed by atoms with Crippen LogP contribution in [0.4, 0.5) is 0 Å². The van der Waals surface area contributed by atoms with E-state index < -0.39 is 0 Å².